The fourth-order valence-electron chi connectivity index (χ4n) is 2.05. The van der Waals surface area contributed by atoms with Gasteiger partial charge < -0.3 is 5.32 Å². The molecule has 0 saturated carbocycles. The predicted molar refractivity (Wildman–Crippen MR) is 51.0 cm³/mol. The molecule has 0 aliphatic carbocycles. The molecule has 2 heterocycles. The molecule has 0 aromatic rings. The molecule has 2 fully saturated rings. The summed E-state index contributed by atoms with van der Waals surface area (Å²) in [6, 6.07) is 0.396. The summed E-state index contributed by atoms with van der Waals surface area (Å²) in [4.78, 5) is 0. The van der Waals surface area contributed by atoms with Gasteiger partial charge in [0.25, 0.3) is 0 Å². The van der Waals surface area contributed by atoms with Crippen LogP contribution in [-0.4, -0.2) is 44.2 Å². The van der Waals surface area contributed by atoms with Crippen molar-refractivity contribution in [1.29, 1.82) is 0 Å². The SMILES string of the molecule is O=S1(=O)CCCN1CC1CCCN1. The van der Waals surface area contributed by atoms with E-state index in [0.29, 0.717) is 18.3 Å². The van der Waals surface area contributed by atoms with Crippen LogP contribution in [0.5, 0.6) is 0 Å². The highest BCUT2D eigenvalue weighted by Crippen LogP contribution is 2.16. The molecule has 0 amide bonds. The minimum atomic E-state index is -2.88. The average molecular weight is 204 g/mol. The Hall–Kier alpha value is -0.130. The molecule has 0 bridgehead atoms. The van der Waals surface area contributed by atoms with Gasteiger partial charge in [-0.3, -0.25) is 0 Å². The van der Waals surface area contributed by atoms with Crippen molar-refractivity contribution < 1.29 is 8.42 Å². The van der Waals surface area contributed by atoms with Gasteiger partial charge in [0.2, 0.25) is 10.0 Å². The first-order valence-corrected chi connectivity index (χ1v) is 6.50. The van der Waals surface area contributed by atoms with E-state index in [1.165, 1.54) is 6.42 Å². The summed E-state index contributed by atoms with van der Waals surface area (Å²) in [7, 11) is -2.88. The predicted octanol–water partition coefficient (Wildman–Crippen LogP) is -0.226. The Kier molecular flexibility index (Phi) is 2.58. The monoisotopic (exact) mass is 204 g/mol. The highest BCUT2D eigenvalue weighted by molar-refractivity contribution is 7.89. The lowest BCUT2D eigenvalue weighted by atomic mass is 10.2. The first kappa shape index (κ1) is 9.43. The highest BCUT2D eigenvalue weighted by Gasteiger charge is 2.30. The lowest BCUT2D eigenvalue weighted by molar-refractivity contribution is 0.394. The second-order valence-electron chi connectivity index (χ2n) is 3.82. The topological polar surface area (TPSA) is 49.4 Å². The summed E-state index contributed by atoms with van der Waals surface area (Å²) < 4.78 is 24.5. The molecule has 0 radical (unpaired) electrons. The van der Waals surface area contributed by atoms with Crippen molar-refractivity contribution in [2.75, 3.05) is 25.4 Å². The Balaban J connectivity index is 1.94. The molecule has 0 spiro atoms. The van der Waals surface area contributed by atoms with E-state index >= 15 is 0 Å². The Labute approximate surface area is 79.4 Å². The molecule has 1 N–H and O–H groups in total. The normalized spacial score (nSPS) is 34.0. The number of rotatable bonds is 2. The number of sulfonamides is 1. The van der Waals surface area contributed by atoms with Gasteiger partial charge in [-0.1, -0.05) is 0 Å². The molecule has 76 valence electrons. The molecule has 0 aromatic carbocycles. The quantitative estimate of drug-likeness (QED) is 0.676. The van der Waals surface area contributed by atoms with Crippen molar-refractivity contribution in [3.05, 3.63) is 0 Å². The van der Waals surface area contributed by atoms with E-state index in [1.54, 1.807) is 4.31 Å². The van der Waals surface area contributed by atoms with Gasteiger partial charge in [0.1, 0.15) is 0 Å². The summed E-state index contributed by atoms with van der Waals surface area (Å²) in [6.07, 6.45) is 3.10. The maximum Gasteiger partial charge on any atom is 0.214 e. The Morgan fingerprint density at radius 3 is 2.77 bits per heavy atom. The third kappa shape index (κ3) is 2.03. The van der Waals surface area contributed by atoms with Crippen LogP contribution in [0.1, 0.15) is 19.3 Å². The fourth-order valence-corrected chi connectivity index (χ4v) is 3.62. The lowest BCUT2D eigenvalue weighted by Crippen LogP contribution is -2.38. The average Bonchev–Trinajstić information content (AvgIpc) is 2.63. The van der Waals surface area contributed by atoms with Crippen LogP contribution in [-0.2, 0) is 10.0 Å². The maximum atomic E-state index is 11.4. The third-order valence-corrected chi connectivity index (χ3v) is 4.71. The van der Waals surface area contributed by atoms with Crippen molar-refractivity contribution in [3.8, 4) is 0 Å². The van der Waals surface area contributed by atoms with Crippen molar-refractivity contribution in [3.63, 3.8) is 0 Å². The molecule has 0 aromatic heterocycles. The third-order valence-electron chi connectivity index (χ3n) is 2.79. The molecule has 5 heteroatoms. The van der Waals surface area contributed by atoms with E-state index in [1.807, 2.05) is 0 Å². The first-order chi connectivity index (χ1) is 6.18. The van der Waals surface area contributed by atoms with E-state index in [2.05, 4.69) is 5.32 Å². The minimum Gasteiger partial charge on any atom is -0.313 e. The zero-order chi connectivity index (χ0) is 9.31. The number of hydrogen-bond donors (Lipinski definition) is 1. The van der Waals surface area contributed by atoms with Crippen LogP contribution in [0.25, 0.3) is 0 Å². The van der Waals surface area contributed by atoms with Gasteiger partial charge in [0, 0.05) is 19.1 Å². The van der Waals surface area contributed by atoms with Crippen molar-refractivity contribution >= 4 is 10.0 Å². The Bertz CT molecular complexity index is 270. The van der Waals surface area contributed by atoms with E-state index in [9.17, 15) is 8.42 Å². The van der Waals surface area contributed by atoms with Gasteiger partial charge in [-0.25, -0.2) is 12.7 Å². The van der Waals surface area contributed by atoms with Crippen molar-refractivity contribution in [2.24, 2.45) is 0 Å². The number of nitrogens with zero attached hydrogens (tertiary/aromatic N) is 1. The second kappa shape index (κ2) is 3.55. The molecule has 2 aliphatic heterocycles. The summed E-state index contributed by atoms with van der Waals surface area (Å²) in [5.41, 5.74) is 0. The van der Waals surface area contributed by atoms with Crippen molar-refractivity contribution in [2.45, 2.75) is 25.3 Å². The number of hydrogen-bond acceptors (Lipinski definition) is 3. The second-order valence-corrected chi connectivity index (χ2v) is 5.91. The fraction of sp³-hybridized carbons (Fsp3) is 1.00. The molecule has 2 saturated heterocycles. The van der Waals surface area contributed by atoms with Gasteiger partial charge in [-0.2, -0.15) is 0 Å². The zero-order valence-corrected chi connectivity index (χ0v) is 8.52. The summed E-state index contributed by atoms with van der Waals surface area (Å²) in [5.74, 6) is 0.347. The summed E-state index contributed by atoms with van der Waals surface area (Å²) in [5, 5.41) is 3.32. The van der Waals surface area contributed by atoms with Gasteiger partial charge in [-0.05, 0) is 25.8 Å². The van der Waals surface area contributed by atoms with Crippen LogP contribution in [0.15, 0.2) is 0 Å². The largest absolute Gasteiger partial charge is 0.313 e. The molecule has 4 nitrogen and oxygen atoms in total. The molecule has 1 unspecified atom stereocenters. The van der Waals surface area contributed by atoms with Crippen LogP contribution < -0.4 is 5.32 Å². The molecule has 13 heavy (non-hydrogen) atoms. The van der Waals surface area contributed by atoms with E-state index in [-0.39, 0.29) is 0 Å². The molecule has 2 rings (SSSR count). The Morgan fingerprint density at radius 1 is 1.38 bits per heavy atom. The van der Waals surface area contributed by atoms with Crippen LogP contribution in [0.2, 0.25) is 0 Å². The van der Waals surface area contributed by atoms with Gasteiger partial charge in [0.15, 0.2) is 0 Å². The van der Waals surface area contributed by atoms with Crippen LogP contribution in [0, 0.1) is 0 Å². The van der Waals surface area contributed by atoms with Crippen LogP contribution in [0.4, 0.5) is 0 Å². The standard InChI is InChI=1S/C8H16N2O2S/c11-13(12)6-2-5-10(13)7-8-3-1-4-9-8/h8-9H,1-7H2. The molecule has 2 aliphatic rings. The first-order valence-electron chi connectivity index (χ1n) is 4.90. The maximum absolute atomic E-state index is 11.4. The van der Waals surface area contributed by atoms with Gasteiger partial charge >= 0.3 is 0 Å². The van der Waals surface area contributed by atoms with E-state index in [0.717, 1.165) is 25.9 Å². The van der Waals surface area contributed by atoms with Crippen molar-refractivity contribution in [1.82, 2.24) is 9.62 Å². The summed E-state index contributed by atoms with van der Waals surface area (Å²) >= 11 is 0. The van der Waals surface area contributed by atoms with Crippen LogP contribution in [0.3, 0.4) is 0 Å². The van der Waals surface area contributed by atoms with Gasteiger partial charge in [-0.15, -0.1) is 0 Å². The minimum absolute atomic E-state index is 0.347. The van der Waals surface area contributed by atoms with E-state index < -0.39 is 10.0 Å². The summed E-state index contributed by atoms with van der Waals surface area (Å²) in [6.45, 7) is 2.45. The molecular formula is C8H16N2O2S. The molecular weight excluding hydrogens is 188 g/mol. The van der Waals surface area contributed by atoms with E-state index in [4.69, 9.17) is 0 Å². The van der Waals surface area contributed by atoms with Crippen LogP contribution >= 0.6 is 0 Å². The van der Waals surface area contributed by atoms with Gasteiger partial charge in [0.05, 0.1) is 5.75 Å². The Morgan fingerprint density at radius 2 is 2.23 bits per heavy atom. The molecule has 1 atom stereocenters. The smallest absolute Gasteiger partial charge is 0.214 e. The number of nitrogens with one attached hydrogen (secondary N) is 1. The zero-order valence-electron chi connectivity index (χ0n) is 7.70. The lowest BCUT2D eigenvalue weighted by Gasteiger charge is -2.18. The highest BCUT2D eigenvalue weighted by atomic mass is 32.2.